The highest BCUT2D eigenvalue weighted by Crippen LogP contribution is 2.25. The molecule has 0 spiro atoms. The van der Waals surface area contributed by atoms with E-state index in [-0.39, 0.29) is 0 Å². The molecule has 0 saturated carbocycles. The second-order valence-corrected chi connectivity index (χ2v) is 15.2. The van der Waals surface area contributed by atoms with E-state index >= 15 is 0 Å². The maximum atomic E-state index is 2.92. The summed E-state index contributed by atoms with van der Waals surface area (Å²) in [6, 6.07) is 0. The van der Waals surface area contributed by atoms with Gasteiger partial charge in [-0.2, -0.15) is 0 Å². The maximum Gasteiger partial charge on any atom is 0.0153 e. The SMILES string of the molecule is CCCCCCCCCCCCCCCN(CCCCCCCCCCCCCCC)C(C)(C)CCCCCCCCC. The molecule has 1 nitrogen and oxygen atoms in total. The van der Waals surface area contributed by atoms with E-state index in [4.69, 9.17) is 0 Å². The molecule has 0 unspecified atom stereocenters. The van der Waals surface area contributed by atoms with Crippen LogP contribution in [-0.2, 0) is 0 Å². The molecule has 0 bridgehead atoms. The Hall–Kier alpha value is -0.0400. The summed E-state index contributed by atoms with van der Waals surface area (Å²) in [7, 11) is 0. The van der Waals surface area contributed by atoms with E-state index < -0.39 is 0 Å². The van der Waals surface area contributed by atoms with Crippen molar-refractivity contribution in [2.45, 2.75) is 258 Å². The Morgan fingerprint density at radius 3 is 0.744 bits per heavy atom. The van der Waals surface area contributed by atoms with Gasteiger partial charge in [-0.3, -0.25) is 4.90 Å². The van der Waals surface area contributed by atoms with Gasteiger partial charge in [-0.15, -0.1) is 0 Å². The van der Waals surface area contributed by atoms with Gasteiger partial charge in [0.1, 0.15) is 0 Å². The van der Waals surface area contributed by atoms with E-state index in [1.165, 1.54) is 231 Å². The van der Waals surface area contributed by atoms with E-state index in [2.05, 4.69) is 39.5 Å². The third-order valence-corrected chi connectivity index (χ3v) is 10.3. The molecule has 43 heavy (non-hydrogen) atoms. The largest absolute Gasteiger partial charge is 0.298 e. The molecule has 0 fully saturated rings. The molecular weight excluding hydrogens is 518 g/mol. The fourth-order valence-electron chi connectivity index (χ4n) is 7.03. The summed E-state index contributed by atoms with van der Waals surface area (Å²) >= 11 is 0. The van der Waals surface area contributed by atoms with Crippen molar-refractivity contribution in [2.75, 3.05) is 13.1 Å². The maximum absolute atomic E-state index is 2.92. The Labute approximate surface area is 275 Å². The fraction of sp³-hybridized carbons (Fsp3) is 1.00. The molecule has 0 aromatic heterocycles. The molecule has 0 heterocycles. The molecule has 0 aliphatic heterocycles. The Balaban J connectivity index is 4.14. The molecule has 0 radical (unpaired) electrons. The zero-order valence-corrected chi connectivity index (χ0v) is 31.4. The minimum atomic E-state index is 0.373. The summed E-state index contributed by atoms with van der Waals surface area (Å²) in [5.41, 5.74) is 0.373. The molecule has 0 N–H and O–H groups in total. The van der Waals surface area contributed by atoms with Gasteiger partial charge in [0.2, 0.25) is 0 Å². The van der Waals surface area contributed by atoms with Gasteiger partial charge >= 0.3 is 0 Å². The van der Waals surface area contributed by atoms with Crippen LogP contribution in [0.5, 0.6) is 0 Å². The van der Waals surface area contributed by atoms with Crippen LogP contribution < -0.4 is 0 Å². The van der Waals surface area contributed by atoms with Gasteiger partial charge in [0.25, 0.3) is 0 Å². The molecule has 0 aromatic rings. The lowest BCUT2D eigenvalue weighted by Crippen LogP contribution is -2.45. The molecule has 0 aliphatic carbocycles. The average Bonchev–Trinajstić information content (AvgIpc) is 3.00. The first-order valence-corrected chi connectivity index (χ1v) is 20.8. The van der Waals surface area contributed by atoms with Crippen LogP contribution in [0.25, 0.3) is 0 Å². The summed E-state index contributed by atoms with van der Waals surface area (Å²) in [4.78, 5) is 2.92. The predicted octanol–water partition coefficient (Wildman–Crippen LogP) is 15.4. The highest BCUT2D eigenvalue weighted by Gasteiger charge is 2.25. The van der Waals surface area contributed by atoms with Crippen molar-refractivity contribution in [2.24, 2.45) is 0 Å². The molecule has 0 saturated heterocycles. The first kappa shape index (κ1) is 43.0. The van der Waals surface area contributed by atoms with E-state index in [1.807, 2.05) is 0 Å². The van der Waals surface area contributed by atoms with Crippen LogP contribution in [0.4, 0.5) is 0 Å². The normalized spacial score (nSPS) is 12.1. The van der Waals surface area contributed by atoms with Crippen LogP contribution in [-0.4, -0.2) is 23.5 Å². The van der Waals surface area contributed by atoms with Crippen molar-refractivity contribution in [3.63, 3.8) is 0 Å². The molecule has 0 atom stereocenters. The summed E-state index contributed by atoms with van der Waals surface area (Å²) in [6.07, 6.45) is 49.2. The van der Waals surface area contributed by atoms with E-state index in [0.29, 0.717) is 5.54 Å². The lowest BCUT2D eigenvalue weighted by atomic mass is 9.93. The topological polar surface area (TPSA) is 3.24 Å². The number of unbranched alkanes of at least 4 members (excludes halogenated alkanes) is 30. The van der Waals surface area contributed by atoms with Crippen LogP contribution in [0, 0.1) is 0 Å². The van der Waals surface area contributed by atoms with Gasteiger partial charge in [-0.05, 0) is 46.2 Å². The molecule has 1 heteroatoms. The molecular formula is C42H87N. The third-order valence-electron chi connectivity index (χ3n) is 10.3. The molecule has 260 valence electrons. The van der Waals surface area contributed by atoms with Gasteiger partial charge in [-0.25, -0.2) is 0 Å². The first-order chi connectivity index (χ1) is 21.1. The van der Waals surface area contributed by atoms with Gasteiger partial charge in [-0.1, -0.05) is 220 Å². The van der Waals surface area contributed by atoms with E-state index in [1.54, 1.807) is 0 Å². The standard InChI is InChI=1S/C42H87N/c1-6-9-12-15-18-20-22-24-26-28-31-34-37-40-43(42(4,5)39-36-33-30-17-14-11-8-3)41-38-35-32-29-27-25-23-21-19-16-13-10-7-2/h6-41H2,1-5H3. The quantitative estimate of drug-likeness (QED) is 0.0637. The molecule has 0 amide bonds. The van der Waals surface area contributed by atoms with Crippen LogP contribution in [0.2, 0.25) is 0 Å². The minimum absolute atomic E-state index is 0.373. The number of rotatable bonds is 37. The van der Waals surface area contributed by atoms with E-state index in [9.17, 15) is 0 Å². The van der Waals surface area contributed by atoms with E-state index in [0.717, 1.165) is 0 Å². The lowest BCUT2D eigenvalue weighted by molar-refractivity contribution is 0.102. The second-order valence-electron chi connectivity index (χ2n) is 15.2. The van der Waals surface area contributed by atoms with Crippen molar-refractivity contribution in [3.05, 3.63) is 0 Å². The monoisotopic (exact) mass is 606 g/mol. The highest BCUT2D eigenvalue weighted by atomic mass is 15.2. The number of hydrogen-bond acceptors (Lipinski definition) is 1. The Morgan fingerprint density at radius 1 is 0.279 bits per heavy atom. The van der Waals surface area contributed by atoms with Crippen molar-refractivity contribution < 1.29 is 0 Å². The Kier molecular flexibility index (Phi) is 34.8. The zero-order valence-electron chi connectivity index (χ0n) is 31.4. The van der Waals surface area contributed by atoms with Crippen LogP contribution in [0.15, 0.2) is 0 Å². The predicted molar refractivity (Wildman–Crippen MR) is 200 cm³/mol. The smallest absolute Gasteiger partial charge is 0.0153 e. The molecule has 0 rings (SSSR count). The lowest BCUT2D eigenvalue weighted by Gasteiger charge is -2.39. The zero-order chi connectivity index (χ0) is 31.5. The van der Waals surface area contributed by atoms with Gasteiger partial charge in [0, 0.05) is 5.54 Å². The van der Waals surface area contributed by atoms with Gasteiger partial charge < -0.3 is 0 Å². The van der Waals surface area contributed by atoms with Gasteiger partial charge in [0.15, 0.2) is 0 Å². The molecule has 0 aliphatic rings. The Bertz CT molecular complexity index is 467. The van der Waals surface area contributed by atoms with Crippen LogP contribution in [0.3, 0.4) is 0 Å². The summed E-state index contributed by atoms with van der Waals surface area (Å²) in [5, 5.41) is 0. The van der Waals surface area contributed by atoms with Crippen molar-refractivity contribution in [3.8, 4) is 0 Å². The Morgan fingerprint density at radius 2 is 0.488 bits per heavy atom. The number of nitrogens with zero attached hydrogens (tertiary/aromatic N) is 1. The van der Waals surface area contributed by atoms with Crippen molar-refractivity contribution in [1.29, 1.82) is 0 Å². The first-order valence-electron chi connectivity index (χ1n) is 20.8. The number of hydrogen-bond donors (Lipinski definition) is 0. The fourth-order valence-corrected chi connectivity index (χ4v) is 7.03. The van der Waals surface area contributed by atoms with Crippen LogP contribution in [0.1, 0.15) is 253 Å². The average molecular weight is 606 g/mol. The summed E-state index contributed by atoms with van der Waals surface area (Å²) < 4.78 is 0. The van der Waals surface area contributed by atoms with Crippen molar-refractivity contribution in [1.82, 2.24) is 4.90 Å². The minimum Gasteiger partial charge on any atom is -0.298 e. The third kappa shape index (κ3) is 31.7. The van der Waals surface area contributed by atoms with Gasteiger partial charge in [0.05, 0.1) is 0 Å². The second kappa shape index (κ2) is 34.8. The highest BCUT2D eigenvalue weighted by molar-refractivity contribution is 4.81. The van der Waals surface area contributed by atoms with Crippen molar-refractivity contribution >= 4 is 0 Å². The summed E-state index contributed by atoms with van der Waals surface area (Å²) in [5.74, 6) is 0. The summed E-state index contributed by atoms with van der Waals surface area (Å²) in [6.45, 7) is 14.8. The van der Waals surface area contributed by atoms with Crippen LogP contribution >= 0.6 is 0 Å². The molecule has 0 aromatic carbocycles.